The molecule has 0 amide bonds. The third-order valence-electron chi connectivity index (χ3n) is 4.39. The number of carboxylic acid groups (broad SMARTS) is 1. The summed E-state index contributed by atoms with van der Waals surface area (Å²) in [5.74, 6) is -2.28. The molecule has 1 heterocycles. The Hall–Kier alpha value is -0.780. The van der Waals surface area contributed by atoms with Gasteiger partial charge in [0.25, 0.3) is 0 Å². The molecule has 0 aromatic heterocycles. The predicted octanol–water partition coefficient (Wildman–Crippen LogP) is 2.66. The van der Waals surface area contributed by atoms with E-state index < -0.39 is 23.6 Å². The number of hydrogen-bond donors (Lipinski definition) is 1. The number of carboxylic acids is 1. The molecule has 2 aliphatic rings. The van der Waals surface area contributed by atoms with Gasteiger partial charge < -0.3 is 5.11 Å². The number of alkyl halides is 3. The third kappa shape index (κ3) is 2.35. The maximum Gasteiger partial charge on any atom is 0.391 e. The van der Waals surface area contributed by atoms with Gasteiger partial charge in [0.05, 0.1) is 5.92 Å². The molecule has 0 atom stereocenters. The van der Waals surface area contributed by atoms with Crippen molar-refractivity contribution in [3.63, 3.8) is 0 Å². The molecule has 3 nitrogen and oxygen atoms in total. The second-order valence-electron chi connectivity index (χ2n) is 5.35. The summed E-state index contributed by atoms with van der Waals surface area (Å²) in [5.41, 5.74) is -1.04. The van der Waals surface area contributed by atoms with E-state index >= 15 is 0 Å². The third-order valence-corrected chi connectivity index (χ3v) is 4.39. The van der Waals surface area contributed by atoms with E-state index in [-0.39, 0.29) is 25.7 Å². The van der Waals surface area contributed by atoms with Crippen LogP contribution in [-0.4, -0.2) is 40.8 Å². The summed E-state index contributed by atoms with van der Waals surface area (Å²) >= 11 is 0. The SMILES string of the molecule is O=C(O)C1(N2CCCC2)CCC(C(F)(F)F)CC1. The number of aliphatic carboxylic acids is 1. The standard InChI is InChI=1S/C12H18F3NO2/c13-12(14,15)9-3-5-11(6-4-9,10(17)18)16-7-1-2-8-16/h9H,1-8H2,(H,17,18). The molecular weight excluding hydrogens is 247 g/mol. The number of halogens is 3. The van der Waals surface area contributed by atoms with Crippen LogP contribution in [0.15, 0.2) is 0 Å². The van der Waals surface area contributed by atoms with Gasteiger partial charge >= 0.3 is 12.1 Å². The number of hydrogen-bond acceptors (Lipinski definition) is 2. The summed E-state index contributed by atoms with van der Waals surface area (Å²) in [6.45, 7) is 1.39. The lowest BCUT2D eigenvalue weighted by Gasteiger charge is -2.43. The summed E-state index contributed by atoms with van der Waals surface area (Å²) < 4.78 is 37.8. The topological polar surface area (TPSA) is 40.5 Å². The van der Waals surface area contributed by atoms with E-state index in [9.17, 15) is 23.1 Å². The lowest BCUT2D eigenvalue weighted by molar-refractivity contribution is -0.192. The summed E-state index contributed by atoms with van der Waals surface area (Å²) in [5, 5.41) is 9.42. The molecule has 1 saturated heterocycles. The van der Waals surface area contributed by atoms with Crippen LogP contribution in [0.1, 0.15) is 38.5 Å². The van der Waals surface area contributed by atoms with Crippen LogP contribution in [-0.2, 0) is 4.79 Å². The van der Waals surface area contributed by atoms with Gasteiger partial charge in [0.2, 0.25) is 0 Å². The van der Waals surface area contributed by atoms with Crippen molar-refractivity contribution in [2.24, 2.45) is 5.92 Å². The highest BCUT2D eigenvalue weighted by molar-refractivity contribution is 5.79. The van der Waals surface area contributed by atoms with Crippen molar-refractivity contribution in [3.05, 3.63) is 0 Å². The van der Waals surface area contributed by atoms with E-state index in [0.29, 0.717) is 13.1 Å². The van der Waals surface area contributed by atoms with Gasteiger partial charge in [-0.25, -0.2) is 0 Å². The van der Waals surface area contributed by atoms with E-state index in [1.807, 2.05) is 4.90 Å². The summed E-state index contributed by atoms with van der Waals surface area (Å²) in [4.78, 5) is 13.4. The molecule has 0 radical (unpaired) electrons. The van der Waals surface area contributed by atoms with E-state index in [1.54, 1.807) is 0 Å². The fourth-order valence-electron chi connectivity index (χ4n) is 3.23. The molecule has 1 aliphatic carbocycles. The molecule has 1 saturated carbocycles. The summed E-state index contributed by atoms with van der Waals surface area (Å²) in [6.07, 6.45) is -2.19. The van der Waals surface area contributed by atoms with Crippen molar-refractivity contribution in [2.45, 2.75) is 50.2 Å². The van der Waals surface area contributed by atoms with Crippen LogP contribution in [0.25, 0.3) is 0 Å². The van der Waals surface area contributed by atoms with E-state index in [1.165, 1.54) is 0 Å². The molecule has 0 unspecified atom stereocenters. The van der Waals surface area contributed by atoms with E-state index in [0.717, 1.165) is 12.8 Å². The summed E-state index contributed by atoms with van der Waals surface area (Å²) in [7, 11) is 0. The van der Waals surface area contributed by atoms with Gasteiger partial charge in [-0.15, -0.1) is 0 Å². The smallest absolute Gasteiger partial charge is 0.391 e. The lowest BCUT2D eigenvalue weighted by Crippen LogP contribution is -2.56. The molecular formula is C12H18F3NO2. The van der Waals surface area contributed by atoms with Crippen LogP contribution in [0.3, 0.4) is 0 Å². The van der Waals surface area contributed by atoms with Gasteiger partial charge in [0.15, 0.2) is 0 Å². The average Bonchev–Trinajstić information content (AvgIpc) is 2.81. The highest BCUT2D eigenvalue weighted by atomic mass is 19.4. The van der Waals surface area contributed by atoms with Crippen molar-refractivity contribution in [3.8, 4) is 0 Å². The van der Waals surface area contributed by atoms with Gasteiger partial charge in [-0.2, -0.15) is 13.2 Å². The summed E-state index contributed by atoms with van der Waals surface area (Å²) in [6, 6.07) is 0. The Labute approximate surface area is 104 Å². The lowest BCUT2D eigenvalue weighted by atomic mass is 9.75. The Balaban J connectivity index is 2.09. The Morgan fingerprint density at radius 1 is 1.17 bits per heavy atom. The largest absolute Gasteiger partial charge is 0.480 e. The fraction of sp³-hybridized carbons (Fsp3) is 0.917. The zero-order valence-corrected chi connectivity index (χ0v) is 10.2. The zero-order chi connectivity index (χ0) is 13.4. The second-order valence-corrected chi connectivity index (χ2v) is 5.35. The number of rotatable bonds is 2. The normalized spacial score (nSPS) is 34.7. The van der Waals surface area contributed by atoms with Crippen LogP contribution >= 0.6 is 0 Å². The number of nitrogens with zero attached hydrogens (tertiary/aromatic N) is 1. The molecule has 104 valence electrons. The molecule has 0 bridgehead atoms. The first-order chi connectivity index (χ1) is 8.36. The molecule has 1 N–H and O–H groups in total. The molecule has 18 heavy (non-hydrogen) atoms. The van der Waals surface area contributed by atoms with E-state index in [4.69, 9.17) is 0 Å². The van der Waals surface area contributed by atoms with Gasteiger partial charge in [-0.3, -0.25) is 9.69 Å². The highest BCUT2D eigenvalue weighted by Gasteiger charge is 2.52. The first-order valence-electron chi connectivity index (χ1n) is 6.41. The molecule has 2 fully saturated rings. The van der Waals surface area contributed by atoms with Crippen LogP contribution in [0.4, 0.5) is 13.2 Å². The van der Waals surface area contributed by atoms with Gasteiger partial charge in [-0.05, 0) is 51.6 Å². The van der Waals surface area contributed by atoms with E-state index in [2.05, 4.69) is 0 Å². The molecule has 0 spiro atoms. The molecule has 0 aromatic rings. The number of likely N-dealkylation sites (tertiary alicyclic amines) is 1. The van der Waals surface area contributed by atoms with Crippen molar-refractivity contribution in [1.82, 2.24) is 4.90 Å². The minimum Gasteiger partial charge on any atom is -0.480 e. The van der Waals surface area contributed by atoms with Gasteiger partial charge in [0, 0.05) is 0 Å². The van der Waals surface area contributed by atoms with Crippen LogP contribution in [0.5, 0.6) is 0 Å². The molecule has 1 aliphatic heterocycles. The quantitative estimate of drug-likeness (QED) is 0.834. The number of carbonyl (C=O) groups is 1. The van der Waals surface area contributed by atoms with Gasteiger partial charge in [0.1, 0.15) is 5.54 Å². The Morgan fingerprint density at radius 2 is 1.67 bits per heavy atom. The van der Waals surface area contributed by atoms with Crippen molar-refractivity contribution in [2.75, 3.05) is 13.1 Å². The van der Waals surface area contributed by atoms with Crippen LogP contribution in [0, 0.1) is 5.92 Å². The van der Waals surface area contributed by atoms with Crippen molar-refractivity contribution < 1.29 is 23.1 Å². The monoisotopic (exact) mass is 265 g/mol. The molecule has 6 heteroatoms. The van der Waals surface area contributed by atoms with Crippen LogP contribution < -0.4 is 0 Å². The zero-order valence-electron chi connectivity index (χ0n) is 10.2. The first kappa shape index (κ1) is 13.6. The Bertz CT molecular complexity index is 316. The highest BCUT2D eigenvalue weighted by Crippen LogP contribution is 2.44. The maximum absolute atomic E-state index is 12.6. The van der Waals surface area contributed by atoms with Crippen LogP contribution in [0.2, 0.25) is 0 Å². The first-order valence-corrected chi connectivity index (χ1v) is 6.41. The second kappa shape index (κ2) is 4.72. The average molecular weight is 265 g/mol. The Morgan fingerprint density at radius 3 is 2.06 bits per heavy atom. The van der Waals surface area contributed by atoms with Crippen molar-refractivity contribution in [1.29, 1.82) is 0 Å². The van der Waals surface area contributed by atoms with Crippen molar-refractivity contribution >= 4 is 5.97 Å². The predicted molar refractivity (Wildman–Crippen MR) is 59.2 cm³/mol. The molecule has 0 aromatic carbocycles. The minimum absolute atomic E-state index is 0.0632. The van der Waals surface area contributed by atoms with Gasteiger partial charge in [-0.1, -0.05) is 0 Å². The fourth-order valence-corrected chi connectivity index (χ4v) is 3.23. The maximum atomic E-state index is 12.6. The minimum atomic E-state index is -4.18. The Kier molecular flexibility index (Phi) is 3.58. The molecule has 2 rings (SSSR count).